The van der Waals surface area contributed by atoms with Crippen molar-refractivity contribution in [1.29, 1.82) is 0 Å². The van der Waals surface area contributed by atoms with E-state index in [1.165, 1.54) is 16.2 Å². The summed E-state index contributed by atoms with van der Waals surface area (Å²) in [4.78, 5) is 44.5. The van der Waals surface area contributed by atoms with Crippen LogP contribution in [0, 0.1) is 23.7 Å². The molecule has 1 saturated heterocycles. The third-order valence-corrected chi connectivity index (χ3v) is 7.68. The Hall–Kier alpha value is -3.52. The van der Waals surface area contributed by atoms with Crippen LogP contribution in [0.1, 0.15) is 23.7 Å². The van der Waals surface area contributed by atoms with Crippen molar-refractivity contribution in [2.75, 3.05) is 16.8 Å². The van der Waals surface area contributed by atoms with E-state index in [-0.39, 0.29) is 41.4 Å². The monoisotopic (exact) mass is 459 g/mol. The van der Waals surface area contributed by atoms with Crippen molar-refractivity contribution in [1.82, 2.24) is 4.98 Å². The fraction of sp³-hybridized carbons (Fsp3) is 0.280. The summed E-state index contributed by atoms with van der Waals surface area (Å²) in [6, 6.07) is 12.2. The lowest BCUT2D eigenvalue weighted by atomic mass is 9.85. The van der Waals surface area contributed by atoms with Gasteiger partial charge in [-0.3, -0.25) is 24.6 Å². The second kappa shape index (κ2) is 7.52. The molecule has 3 aromatic rings. The summed E-state index contributed by atoms with van der Waals surface area (Å²) in [5, 5.41) is 3.32. The lowest BCUT2D eigenvalue weighted by Gasteiger charge is -2.17. The molecule has 3 amide bonds. The Morgan fingerprint density at radius 3 is 2.45 bits per heavy atom. The average molecular weight is 460 g/mol. The van der Waals surface area contributed by atoms with E-state index >= 15 is 0 Å². The highest BCUT2D eigenvalue weighted by Gasteiger charge is 2.59. The molecule has 1 aromatic heterocycles. The Kier molecular flexibility index (Phi) is 4.58. The van der Waals surface area contributed by atoms with Gasteiger partial charge in [-0.2, -0.15) is 0 Å². The minimum absolute atomic E-state index is 0.125. The van der Waals surface area contributed by atoms with Crippen LogP contribution in [0.5, 0.6) is 5.75 Å². The Bertz CT molecular complexity index is 1300. The van der Waals surface area contributed by atoms with Crippen molar-refractivity contribution in [3.63, 3.8) is 0 Å². The zero-order valence-corrected chi connectivity index (χ0v) is 18.7. The molecule has 1 saturated carbocycles. The Morgan fingerprint density at radius 1 is 1.09 bits per heavy atom. The molecule has 6 rings (SSSR count). The number of hydrogen-bond donors (Lipinski definition) is 1. The van der Waals surface area contributed by atoms with Gasteiger partial charge in [0.1, 0.15) is 5.75 Å². The lowest BCUT2D eigenvalue weighted by molar-refractivity contribution is -0.123. The summed E-state index contributed by atoms with van der Waals surface area (Å²) in [6.45, 7) is 2.51. The molecule has 0 spiro atoms. The van der Waals surface area contributed by atoms with Crippen LogP contribution in [0.3, 0.4) is 0 Å². The van der Waals surface area contributed by atoms with Crippen molar-refractivity contribution in [3.8, 4) is 5.75 Å². The van der Waals surface area contributed by atoms with E-state index in [0.717, 1.165) is 22.4 Å². The van der Waals surface area contributed by atoms with Crippen molar-refractivity contribution >= 4 is 50.1 Å². The van der Waals surface area contributed by atoms with E-state index in [9.17, 15) is 14.4 Å². The van der Waals surface area contributed by atoms with Crippen LogP contribution in [0.25, 0.3) is 10.2 Å². The number of amides is 3. The summed E-state index contributed by atoms with van der Waals surface area (Å²) < 4.78 is 6.44. The number of hydrogen-bond acceptors (Lipinski definition) is 6. The molecule has 2 bridgehead atoms. The van der Waals surface area contributed by atoms with E-state index in [2.05, 4.69) is 22.5 Å². The molecule has 3 aliphatic rings. The Morgan fingerprint density at radius 2 is 1.79 bits per heavy atom. The van der Waals surface area contributed by atoms with Gasteiger partial charge >= 0.3 is 0 Å². The fourth-order valence-electron chi connectivity index (χ4n) is 5.30. The Balaban J connectivity index is 1.18. The molecule has 4 atom stereocenters. The smallest absolute Gasteiger partial charge is 0.257 e. The predicted octanol–water partition coefficient (Wildman–Crippen LogP) is 4.26. The van der Waals surface area contributed by atoms with E-state index in [1.54, 1.807) is 24.3 Å². The van der Waals surface area contributed by atoms with Crippen LogP contribution in [-0.4, -0.2) is 29.3 Å². The maximum Gasteiger partial charge on any atom is 0.257 e. The van der Waals surface area contributed by atoms with E-state index in [1.807, 2.05) is 25.1 Å². The number of anilines is 2. The van der Waals surface area contributed by atoms with Crippen molar-refractivity contribution in [2.24, 2.45) is 23.7 Å². The molecule has 2 fully saturated rings. The third-order valence-electron chi connectivity index (χ3n) is 6.75. The average Bonchev–Trinajstić information content (AvgIpc) is 3.57. The summed E-state index contributed by atoms with van der Waals surface area (Å²) in [5.74, 6) is 0.0788. The molecule has 8 heteroatoms. The first-order valence-corrected chi connectivity index (χ1v) is 11.9. The van der Waals surface area contributed by atoms with Crippen molar-refractivity contribution < 1.29 is 19.1 Å². The number of rotatable bonds is 5. The summed E-state index contributed by atoms with van der Waals surface area (Å²) in [7, 11) is 0. The SMILES string of the molecule is CCOc1ccc2nc(NC(=O)c3ccc(N4C(=O)[C@@H]5[C@H](C4=O)[C@H]4C=C[C@H]5C4)cc3)sc2c1. The van der Waals surface area contributed by atoms with Crippen LogP contribution in [-0.2, 0) is 9.59 Å². The fourth-order valence-corrected chi connectivity index (χ4v) is 6.19. The van der Waals surface area contributed by atoms with Gasteiger partial charge in [0, 0.05) is 5.56 Å². The van der Waals surface area contributed by atoms with Gasteiger partial charge < -0.3 is 4.74 Å². The largest absolute Gasteiger partial charge is 0.494 e. The van der Waals surface area contributed by atoms with Gasteiger partial charge in [0.2, 0.25) is 11.8 Å². The highest BCUT2D eigenvalue weighted by Crippen LogP contribution is 2.53. The lowest BCUT2D eigenvalue weighted by Crippen LogP contribution is -2.32. The number of imide groups is 1. The predicted molar refractivity (Wildman–Crippen MR) is 125 cm³/mol. The highest BCUT2D eigenvalue weighted by atomic mass is 32.1. The second-order valence-electron chi connectivity index (χ2n) is 8.59. The first-order valence-electron chi connectivity index (χ1n) is 11.0. The van der Waals surface area contributed by atoms with Gasteiger partial charge in [0.05, 0.1) is 34.3 Å². The number of benzene rings is 2. The number of fused-ring (bicyclic) bond motifs is 6. The number of nitrogens with zero attached hydrogens (tertiary/aromatic N) is 2. The van der Waals surface area contributed by atoms with E-state index in [0.29, 0.717) is 23.0 Å². The number of thiazole rings is 1. The number of carbonyl (C=O) groups excluding carboxylic acids is 3. The number of nitrogens with one attached hydrogen (secondary N) is 1. The topological polar surface area (TPSA) is 88.6 Å². The van der Waals surface area contributed by atoms with Gasteiger partial charge in [-0.15, -0.1) is 0 Å². The van der Waals surface area contributed by atoms with E-state index < -0.39 is 0 Å². The molecule has 1 aliphatic heterocycles. The number of carbonyl (C=O) groups is 3. The van der Waals surface area contributed by atoms with Gasteiger partial charge in [-0.05, 0) is 67.6 Å². The normalized spacial score (nSPS) is 25.2. The van der Waals surface area contributed by atoms with Crippen LogP contribution >= 0.6 is 11.3 Å². The molecule has 2 heterocycles. The maximum absolute atomic E-state index is 13.0. The number of allylic oxidation sites excluding steroid dienone is 2. The molecule has 166 valence electrons. The summed E-state index contributed by atoms with van der Waals surface area (Å²) >= 11 is 1.37. The van der Waals surface area contributed by atoms with Crippen molar-refractivity contribution in [2.45, 2.75) is 13.3 Å². The standard InChI is InChI=1S/C25H21N3O4S/c1-2-32-17-9-10-18-19(12-17)33-25(26-18)27-22(29)13-5-7-16(8-6-13)28-23(30)20-14-3-4-15(11-14)21(20)24(28)31/h3-10,12,14-15,20-21H,2,11H2,1H3,(H,26,27,29)/t14-,15-,20-,21+/m0/s1. The van der Waals surface area contributed by atoms with Crippen LogP contribution in [0.4, 0.5) is 10.8 Å². The van der Waals surface area contributed by atoms with E-state index in [4.69, 9.17) is 4.74 Å². The molecule has 1 N–H and O–H groups in total. The summed E-state index contributed by atoms with van der Waals surface area (Å²) in [6.07, 6.45) is 5.06. The zero-order chi connectivity index (χ0) is 22.7. The third kappa shape index (κ3) is 3.16. The first-order chi connectivity index (χ1) is 16.0. The summed E-state index contributed by atoms with van der Waals surface area (Å²) in [5.41, 5.74) is 1.72. The minimum atomic E-state index is -0.302. The van der Waals surface area contributed by atoms with Gasteiger partial charge in [0.15, 0.2) is 5.13 Å². The minimum Gasteiger partial charge on any atom is -0.494 e. The molecule has 2 aromatic carbocycles. The molecule has 7 nitrogen and oxygen atoms in total. The highest BCUT2D eigenvalue weighted by molar-refractivity contribution is 7.22. The van der Waals surface area contributed by atoms with Crippen molar-refractivity contribution in [3.05, 3.63) is 60.2 Å². The number of ether oxygens (including phenoxy) is 1. The zero-order valence-electron chi connectivity index (χ0n) is 17.9. The quantitative estimate of drug-likeness (QED) is 0.455. The first kappa shape index (κ1) is 20.1. The van der Waals surface area contributed by atoms with Crippen LogP contribution in [0.15, 0.2) is 54.6 Å². The molecular weight excluding hydrogens is 438 g/mol. The molecule has 33 heavy (non-hydrogen) atoms. The number of aromatic nitrogens is 1. The van der Waals surface area contributed by atoms with Gasteiger partial charge in [-0.25, -0.2) is 4.98 Å². The molecule has 0 unspecified atom stereocenters. The second-order valence-corrected chi connectivity index (χ2v) is 9.62. The Labute approximate surface area is 194 Å². The molecule has 0 radical (unpaired) electrons. The van der Waals surface area contributed by atoms with Gasteiger partial charge in [0.25, 0.3) is 5.91 Å². The van der Waals surface area contributed by atoms with Gasteiger partial charge in [-0.1, -0.05) is 23.5 Å². The van der Waals surface area contributed by atoms with Crippen LogP contribution in [0.2, 0.25) is 0 Å². The van der Waals surface area contributed by atoms with Crippen LogP contribution < -0.4 is 15.0 Å². The maximum atomic E-state index is 13.0. The molecular formula is C25H21N3O4S. The molecule has 2 aliphatic carbocycles.